The summed E-state index contributed by atoms with van der Waals surface area (Å²) in [5, 5.41) is 0. The van der Waals surface area contributed by atoms with Crippen LogP contribution in [0.3, 0.4) is 0 Å². The zero-order valence-electron chi connectivity index (χ0n) is 28.1. The highest BCUT2D eigenvalue weighted by molar-refractivity contribution is 7.53. The maximum absolute atomic E-state index is 13.1. The number of hydrogen-bond donors (Lipinski definition) is 3. The second-order valence-corrected chi connectivity index (χ2v) is 15.3. The molecule has 1 aliphatic rings. The van der Waals surface area contributed by atoms with Gasteiger partial charge in [0.15, 0.2) is 17.4 Å². The van der Waals surface area contributed by atoms with Gasteiger partial charge in [-0.15, -0.1) is 0 Å². The van der Waals surface area contributed by atoms with Crippen LogP contribution in [-0.4, -0.2) is 67.7 Å². The number of imidazole rings is 1. The molecule has 45 heavy (non-hydrogen) atoms. The number of nitrogens with zero attached hydrogens (tertiary/aromatic N) is 3. The third kappa shape index (κ3) is 11.7. The molecule has 1 saturated heterocycles. The second-order valence-electron chi connectivity index (χ2n) is 12.9. The number of H-pyrrole nitrogens is 1. The first-order chi connectivity index (χ1) is 21.5. The van der Waals surface area contributed by atoms with E-state index < -0.39 is 43.4 Å². The van der Waals surface area contributed by atoms with Crippen LogP contribution in [0.15, 0.2) is 11.1 Å². The summed E-state index contributed by atoms with van der Waals surface area (Å²) in [6.45, 7) is 9.88. The van der Waals surface area contributed by atoms with Crippen LogP contribution in [-0.2, 0) is 23.3 Å². The Balaban J connectivity index is 1.60. The van der Waals surface area contributed by atoms with Gasteiger partial charge >= 0.3 is 7.60 Å². The van der Waals surface area contributed by atoms with E-state index in [0.29, 0.717) is 6.61 Å². The van der Waals surface area contributed by atoms with Crippen LogP contribution in [0.2, 0.25) is 0 Å². The second kappa shape index (κ2) is 19.1. The van der Waals surface area contributed by atoms with E-state index in [0.717, 1.165) is 19.3 Å². The van der Waals surface area contributed by atoms with E-state index in [2.05, 4.69) is 21.9 Å². The summed E-state index contributed by atoms with van der Waals surface area (Å²) < 4.78 is 39.2. The molecule has 13 heteroatoms. The summed E-state index contributed by atoms with van der Waals surface area (Å²) in [6.07, 6.45) is 15.7. The Hall–Kier alpha value is -1.82. The predicted molar refractivity (Wildman–Crippen MR) is 177 cm³/mol. The standard InChI is InChI=1S/C32H58N5O7P/c1-6-7-8-9-10-11-12-13-14-15-16-17-18-19-20-41-28-27(44-45(39,40)24(4)5)25(21-42-23(2)3)43-31(28)37-22-34-26-29(37)35-32(33)36-30(26)38/h22-25,27-28,31H,6-21H2,1-5H3,(H,39,40)(H3,33,35,36,38)/t25-,27+,28?,31-/m1/s1. The van der Waals surface area contributed by atoms with Crippen molar-refractivity contribution in [3.63, 3.8) is 0 Å². The average Bonchev–Trinajstić information content (AvgIpc) is 3.54. The van der Waals surface area contributed by atoms with E-state index in [1.54, 1.807) is 18.4 Å². The van der Waals surface area contributed by atoms with Crippen molar-refractivity contribution in [3.05, 3.63) is 16.7 Å². The minimum atomic E-state index is -4.01. The van der Waals surface area contributed by atoms with Gasteiger partial charge in [-0.05, 0) is 20.3 Å². The van der Waals surface area contributed by atoms with Crippen LogP contribution in [0.1, 0.15) is 131 Å². The minimum Gasteiger partial charge on any atom is -0.376 e. The molecule has 258 valence electrons. The molecule has 2 unspecified atom stereocenters. The lowest BCUT2D eigenvalue weighted by atomic mass is 10.0. The van der Waals surface area contributed by atoms with E-state index in [1.807, 2.05) is 13.8 Å². The normalized spacial score (nSPS) is 21.8. The summed E-state index contributed by atoms with van der Waals surface area (Å²) >= 11 is 0. The maximum atomic E-state index is 13.1. The molecule has 0 bridgehead atoms. The van der Waals surface area contributed by atoms with Crippen LogP contribution in [0.4, 0.5) is 5.95 Å². The molecule has 1 fully saturated rings. The van der Waals surface area contributed by atoms with Crippen molar-refractivity contribution in [3.8, 4) is 0 Å². The number of unbranched alkanes of at least 4 members (excludes halogenated alkanes) is 13. The largest absolute Gasteiger partial charge is 0.376 e. The van der Waals surface area contributed by atoms with Gasteiger partial charge < -0.3 is 24.8 Å². The summed E-state index contributed by atoms with van der Waals surface area (Å²) in [5.74, 6) is -0.0562. The molecule has 2 aromatic heterocycles. The van der Waals surface area contributed by atoms with Crippen molar-refractivity contribution in [1.29, 1.82) is 0 Å². The number of nitrogen functional groups attached to an aromatic ring is 1. The molecule has 4 N–H and O–H groups in total. The predicted octanol–water partition coefficient (Wildman–Crippen LogP) is 6.87. The van der Waals surface area contributed by atoms with Crippen LogP contribution >= 0.6 is 7.60 Å². The molecule has 0 aromatic carbocycles. The maximum Gasteiger partial charge on any atom is 0.331 e. The molecule has 2 aromatic rings. The molecule has 0 aliphatic carbocycles. The van der Waals surface area contributed by atoms with Crippen LogP contribution in [0, 0.1) is 0 Å². The Kier molecular flexibility index (Phi) is 16.0. The fourth-order valence-corrected chi connectivity index (χ4v) is 6.45. The summed E-state index contributed by atoms with van der Waals surface area (Å²) in [4.78, 5) is 34.2. The van der Waals surface area contributed by atoms with E-state index in [4.69, 9.17) is 24.5 Å². The number of ether oxygens (including phenoxy) is 3. The molecule has 0 amide bonds. The minimum absolute atomic E-state index is 0.0562. The van der Waals surface area contributed by atoms with Crippen molar-refractivity contribution in [2.45, 2.75) is 161 Å². The zero-order chi connectivity index (χ0) is 32.8. The van der Waals surface area contributed by atoms with Crippen molar-refractivity contribution < 1.29 is 28.2 Å². The smallest absolute Gasteiger partial charge is 0.331 e. The first kappa shape index (κ1) is 37.6. The molecular weight excluding hydrogens is 597 g/mol. The summed E-state index contributed by atoms with van der Waals surface area (Å²) in [6, 6.07) is 0. The summed E-state index contributed by atoms with van der Waals surface area (Å²) in [5.41, 5.74) is 5.08. The molecule has 0 saturated carbocycles. The highest BCUT2D eigenvalue weighted by Gasteiger charge is 2.51. The van der Waals surface area contributed by atoms with Gasteiger partial charge in [0.05, 0.1) is 24.7 Å². The number of aromatic amines is 1. The van der Waals surface area contributed by atoms with E-state index in [9.17, 15) is 14.3 Å². The first-order valence-corrected chi connectivity index (χ1v) is 18.8. The van der Waals surface area contributed by atoms with E-state index >= 15 is 0 Å². The highest BCUT2D eigenvalue weighted by Crippen LogP contribution is 2.52. The number of nitrogens with two attached hydrogens (primary N) is 1. The summed E-state index contributed by atoms with van der Waals surface area (Å²) in [7, 11) is -4.01. The molecule has 1 aliphatic heterocycles. The Labute approximate surface area is 268 Å². The third-order valence-electron chi connectivity index (χ3n) is 8.34. The number of aromatic nitrogens is 4. The number of hydrogen-bond acceptors (Lipinski definition) is 9. The van der Waals surface area contributed by atoms with Gasteiger partial charge in [-0.1, -0.05) is 104 Å². The van der Waals surface area contributed by atoms with E-state index in [-0.39, 0.29) is 29.8 Å². The Morgan fingerprint density at radius 1 is 0.978 bits per heavy atom. The quantitative estimate of drug-likeness (QED) is 0.0850. The Bertz CT molecular complexity index is 1240. The fourth-order valence-electron chi connectivity index (χ4n) is 5.60. The molecular formula is C32H58N5O7P. The fraction of sp³-hybridized carbons (Fsp3) is 0.844. The van der Waals surface area contributed by atoms with Crippen molar-refractivity contribution in [2.24, 2.45) is 0 Å². The average molecular weight is 656 g/mol. The lowest BCUT2D eigenvalue weighted by Gasteiger charge is -2.28. The number of rotatable bonds is 23. The van der Waals surface area contributed by atoms with Crippen molar-refractivity contribution in [2.75, 3.05) is 18.9 Å². The monoisotopic (exact) mass is 655 g/mol. The molecule has 0 radical (unpaired) electrons. The lowest BCUT2D eigenvalue weighted by Crippen LogP contribution is -2.39. The molecule has 5 atom stereocenters. The van der Waals surface area contributed by atoms with Gasteiger partial charge in [-0.2, -0.15) is 4.98 Å². The van der Waals surface area contributed by atoms with Crippen molar-refractivity contribution >= 4 is 24.7 Å². The highest BCUT2D eigenvalue weighted by atomic mass is 31.2. The Morgan fingerprint density at radius 2 is 1.56 bits per heavy atom. The zero-order valence-corrected chi connectivity index (χ0v) is 29.0. The van der Waals surface area contributed by atoms with Crippen LogP contribution in [0.5, 0.6) is 0 Å². The Morgan fingerprint density at radius 3 is 2.11 bits per heavy atom. The molecule has 3 heterocycles. The van der Waals surface area contributed by atoms with Crippen LogP contribution in [0.25, 0.3) is 11.2 Å². The van der Waals surface area contributed by atoms with E-state index in [1.165, 1.54) is 77.0 Å². The number of nitrogens with one attached hydrogen (secondary N) is 1. The van der Waals surface area contributed by atoms with Crippen molar-refractivity contribution in [1.82, 2.24) is 19.5 Å². The third-order valence-corrected chi connectivity index (χ3v) is 10.2. The van der Waals surface area contributed by atoms with Crippen LogP contribution < -0.4 is 11.3 Å². The van der Waals surface area contributed by atoms with Gasteiger partial charge in [-0.3, -0.25) is 23.4 Å². The molecule has 3 rings (SSSR count). The lowest BCUT2D eigenvalue weighted by molar-refractivity contribution is -0.0815. The topological polar surface area (TPSA) is 164 Å². The SMILES string of the molecule is CCCCCCCCCCCCCCCCOC1[C@@H](OP(=O)(O)C(C)C)[C@@H](COC(C)C)O[C@H]1n1cnc2c(=O)[nH]c(N)nc21. The van der Waals surface area contributed by atoms with Gasteiger partial charge in [0.1, 0.15) is 18.3 Å². The number of fused-ring (bicyclic) bond motifs is 1. The molecule has 12 nitrogen and oxygen atoms in total. The number of anilines is 1. The first-order valence-electron chi connectivity index (χ1n) is 17.2. The van der Waals surface area contributed by atoms with Gasteiger partial charge in [0.25, 0.3) is 5.56 Å². The van der Waals surface area contributed by atoms with Gasteiger partial charge in [-0.25, -0.2) is 4.98 Å². The van der Waals surface area contributed by atoms with Gasteiger partial charge in [0, 0.05) is 6.61 Å². The molecule has 0 spiro atoms. The van der Waals surface area contributed by atoms with Gasteiger partial charge in [0.2, 0.25) is 5.95 Å².